The standard InChI is InChI=1S/C11H11F3N2O/c1-16-6-9(15-10(16)17)7-3-2-4-8(5-7)11(12,13)14/h2-5,9H,6H2,1H3,(H,15,17). The number of likely N-dealkylation sites (N-methyl/N-ethyl adjacent to an activating group) is 1. The van der Waals surface area contributed by atoms with Crippen molar-refractivity contribution in [1.82, 2.24) is 10.2 Å². The second-order valence-corrected chi connectivity index (χ2v) is 4.01. The number of hydrogen-bond acceptors (Lipinski definition) is 1. The Morgan fingerprint density at radius 3 is 2.65 bits per heavy atom. The van der Waals surface area contributed by atoms with Crippen LogP contribution in [0, 0.1) is 0 Å². The molecule has 0 radical (unpaired) electrons. The maximum Gasteiger partial charge on any atom is 0.416 e. The smallest absolute Gasteiger partial charge is 0.329 e. The summed E-state index contributed by atoms with van der Waals surface area (Å²) in [6.45, 7) is 0.375. The summed E-state index contributed by atoms with van der Waals surface area (Å²) in [5.74, 6) is 0. The van der Waals surface area contributed by atoms with Gasteiger partial charge in [-0.15, -0.1) is 0 Å². The molecule has 1 aromatic carbocycles. The van der Waals surface area contributed by atoms with Crippen LogP contribution in [0.4, 0.5) is 18.0 Å². The van der Waals surface area contributed by atoms with E-state index in [1.54, 1.807) is 13.1 Å². The van der Waals surface area contributed by atoms with E-state index in [1.165, 1.54) is 11.0 Å². The van der Waals surface area contributed by atoms with Crippen LogP contribution in [-0.2, 0) is 6.18 Å². The normalized spacial score (nSPS) is 20.6. The van der Waals surface area contributed by atoms with E-state index in [-0.39, 0.29) is 12.1 Å². The lowest BCUT2D eigenvalue weighted by Crippen LogP contribution is -2.24. The van der Waals surface area contributed by atoms with Crippen molar-refractivity contribution in [1.29, 1.82) is 0 Å². The largest absolute Gasteiger partial charge is 0.416 e. The topological polar surface area (TPSA) is 32.3 Å². The highest BCUT2D eigenvalue weighted by molar-refractivity contribution is 5.76. The zero-order chi connectivity index (χ0) is 12.6. The molecule has 1 aliphatic rings. The van der Waals surface area contributed by atoms with E-state index < -0.39 is 11.7 Å². The summed E-state index contributed by atoms with van der Waals surface area (Å²) >= 11 is 0. The van der Waals surface area contributed by atoms with Gasteiger partial charge in [-0.1, -0.05) is 12.1 Å². The number of nitrogens with zero attached hydrogens (tertiary/aromatic N) is 1. The van der Waals surface area contributed by atoms with Gasteiger partial charge in [0.2, 0.25) is 0 Å². The van der Waals surface area contributed by atoms with E-state index in [0.717, 1.165) is 12.1 Å². The molecule has 1 fully saturated rings. The van der Waals surface area contributed by atoms with E-state index in [9.17, 15) is 18.0 Å². The summed E-state index contributed by atoms with van der Waals surface area (Å²) in [5.41, 5.74) is -0.226. The molecule has 1 N–H and O–H groups in total. The predicted octanol–water partition coefficient (Wildman–Crippen LogP) is 2.40. The third-order valence-corrected chi connectivity index (χ3v) is 2.72. The second kappa shape index (κ2) is 3.94. The first-order chi connectivity index (χ1) is 7.88. The van der Waals surface area contributed by atoms with Crippen molar-refractivity contribution in [3.8, 4) is 0 Å². The van der Waals surface area contributed by atoms with Gasteiger partial charge >= 0.3 is 12.2 Å². The third kappa shape index (κ3) is 2.35. The Morgan fingerprint density at radius 1 is 1.41 bits per heavy atom. The fourth-order valence-corrected chi connectivity index (χ4v) is 1.78. The number of urea groups is 1. The van der Waals surface area contributed by atoms with Gasteiger partial charge in [0.25, 0.3) is 0 Å². The van der Waals surface area contributed by atoms with E-state index in [4.69, 9.17) is 0 Å². The quantitative estimate of drug-likeness (QED) is 0.808. The maximum absolute atomic E-state index is 12.5. The van der Waals surface area contributed by atoms with E-state index in [0.29, 0.717) is 12.1 Å². The molecule has 0 saturated carbocycles. The Hall–Kier alpha value is -1.72. The fraction of sp³-hybridized carbons (Fsp3) is 0.364. The highest BCUT2D eigenvalue weighted by atomic mass is 19.4. The number of benzene rings is 1. The second-order valence-electron chi connectivity index (χ2n) is 4.01. The molecule has 0 aliphatic carbocycles. The number of carbonyl (C=O) groups excluding carboxylic acids is 1. The number of nitrogens with one attached hydrogen (secondary N) is 1. The van der Waals surface area contributed by atoms with Crippen molar-refractivity contribution in [2.75, 3.05) is 13.6 Å². The highest BCUT2D eigenvalue weighted by Gasteiger charge is 2.32. The Kier molecular flexibility index (Phi) is 2.73. The van der Waals surface area contributed by atoms with Gasteiger partial charge in [-0.25, -0.2) is 4.79 Å². The molecule has 6 heteroatoms. The van der Waals surface area contributed by atoms with Crippen LogP contribution in [0.2, 0.25) is 0 Å². The minimum absolute atomic E-state index is 0.271. The lowest BCUT2D eigenvalue weighted by molar-refractivity contribution is -0.137. The molecule has 1 aromatic rings. The molecule has 1 unspecified atom stereocenters. The molecule has 3 nitrogen and oxygen atoms in total. The molecule has 0 aromatic heterocycles. The van der Waals surface area contributed by atoms with Crippen LogP contribution in [0.15, 0.2) is 24.3 Å². The number of hydrogen-bond donors (Lipinski definition) is 1. The number of carbonyl (C=O) groups is 1. The summed E-state index contributed by atoms with van der Waals surface area (Å²) in [5, 5.41) is 2.62. The van der Waals surface area contributed by atoms with E-state index in [2.05, 4.69) is 5.32 Å². The minimum atomic E-state index is -4.36. The summed E-state index contributed by atoms with van der Waals surface area (Å²) in [7, 11) is 1.60. The molecule has 2 amide bonds. The Morgan fingerprint density at radius 2 is 2.12 bits per heavy atom. The Balaban J connectivity index is 2.26. The van der Waals surface area contributed by atoms with Crippen molar-refractivity contribution in [2.45, 2.75) is 12.2 Å². The van der Waals surface area contributed by atoms with Crippen molar-refractivity contribution in [3.05, 3.63) is 35.4 Å². The molecule has 17 heavy (non-hydrogen) atoms. The van der Waals surface area contributed by atoms with Crippen LogP contribution in [0.25, 0.3) is 0 Å². The van der Waals surface area contributed by atoms with Crippen molar-refractivity contribution < 1.29 is 18.0 Å². The van der Waals surface area contributed by atoms with Gasteiger partial charge in [0.1, 0.15) is 0 Å². The highest BCUT2D eigenvalue weighted by Crippen LogP contribution is 2.31. The molecule has 1 aliphatic heterocycles. The van der Waals surface area contributed by atoms with Crippen LogP contribution in [0.3, 0.4) is 0 Å². The molecule has 92 valence electrons. The monoisotopic (exact) mass is 244 g/mol. The first-order valence-electron chi connectivity index (χ1n) is 5.07. The fourth-order valence-electron chi connectivity index (χ4n) is 1.78. The van der Waals surface area contributed by atoms with Gasteiger partial charge in [-0.05, 0) is 17.7 Å². The Labute approximate surface area is 96.2 Å². The van der Waals surface area contributed by atoms with Crippen LogP contribution >= 0.6 is 0 Å². The summed E-state index contributed by atoms with van der Waals surface area (Å²) in [6, 6.07) is 4.37. The maximum atomic E-state index is 12.5. The molecule has 0 spiro atoms. The first kappa shape index (κ1) is 11.8. The number of alkyl halides is 3. The van der Waals surface area contributed by atoms with E-state index in [1.807, 2.05) is 0 Å². The summed E-state index contributed by atoms with van der Waals surface area (Å²) < 4.78 is 37.5. The van der Waals surface area contributed by atoms with E-state index >= 15 is 0 Å². The van der Waals surface area contributed by atoms with Crippen LogP contribution < -0.4 is 5.32 Å². The first-order valence-corrected chi connectivity index (χ1v) is 5.07. The molecule has 1 heterocycles. The third-order valence-electron chi connectivity index (χ3n) is 2.72. The molecular weight excluding hydrogens is 233 g/mol. The van der Waals surface area contributed by atoms with Gasteiger partial charge in [-0.3, -0.25) is 0 Å². The zero-order valence-electron chi connectivity index (χ0n) is 9.08. The summed E-state index contributed by atoms with van der Waals surface area (Å²) in [6.07, 6.45) is -4.36. The minimum Gasteiger partial charge on any atom is -0.329 e. The molecule has 2 rings (SSSR count). The number of amides is 2. The van der Waals surface area contributed by atoms with Gasteiger partial charge in [0.05, 0.1) is 11.6 Å². The van der Waals surface area contributed by atoms with Gasteiger partial charge in [-0.2, -0.15) is 13.2 Å². The van der Waals surface area contributed by atoms with Crippen LogP contribution in [0.1, 0.15) is 17.2 Å². The molecule has 1 saturated heterocycles. The molecule has 1 atom stereocenters. The average Bonchev–Trinajstić information content (AvgIpc) is 2.58. The zero-order valence-corrected chi connectivity index (χ0v) is 9.08. The average molecular weight is 244 g/mol. The number of halogens is 3. The van der Waals surface area contributed by atoms with Crippen molar-refractivity contribution in [2.24, 2.45) is 0 Å². The SMILES string of the molecule is CN1CC(c2cccc(C(F)(F)F)c2)NC1=O. The van der Waals surface area contributed by atoms with Gasteiger partial charge in [0, 0.05) is 13.6 Å². The summed E-state index contributed by atoms with van der Waals surface area (Å²) in [4.78, 5) is 12.7. The van der Waals surface area contributed by atoms with Crippen molar-refractivity contribution in [3.63, 3.8) is 0 Å². The molecular formula is C11H11F3N2O. The van der Waals surface area contributed by atoms with Crippen molar-refractivity contribution >= 4 is 6.03 Å². The van der Waals surface area contributed by atoms with Crippen LogP contribution in [-0.4, -0.2) is 24.5 Å². The lowest BCUT2D eigenvalue weighted by atomic mass is 10.0. The van der Waals surface area contributed by atoms with Gasteiger partial charge in [0.15, 0.2) is 0 Å². The predicted molar refractivity (Wildman–Crippen MR) is 55.3 cm³/mol. The van der Waals surface area contributed by atoms with Crippen LogP contribution in [0.5, 0.6) is 0 Å². The molecule has 0 bridgehead atoms. The van der Waals surface area contributed by atoms with Gasteiger partial charge < -0.3 is 10.2 Å². The lowest BCUT2D eigenvalue weighted by Gasteiger charge is -2.12. The number of rotatable bonds is 1. The Bertz CT molecular complexity index is 445.